The topological polar surface area (TPSA) is 83.7 Å². The zero-order valence-corrected chi connectivity index (χ0v) is 10.1. The molecule has 0 aliphatic heterocycles. The van der Waals surface area contributed by atoms with Gasteiger partial charge in [0, 0.05) is 24.7 Å². The van der Waals surface area contributed by atoms with Gasteiger partial charge in [0.1, 0.15) is 0 Å². The van der Waals surface area contributed by atoms with Crippen LogP contribution in [0.2, 0.25) is 0 Å². The average Bonchev–Trinajstić information content (AvgIpc) is 2.31. The van der Waals surface area contributed by atoms with Crippen LogP contribution < -0.4 is 0 Å². The van der Waals surface area contributed by atoms with E-state index >= 15 is 0 Å². The average molecular weight is 268 g/mol. The molecule has 0 bridgehead atoms. The molecule has 19 heavy (non-hydrogen) atoms. The van der Waals surface area contributed by atoms with Gasteiger partial charge in [-0.15, -0.1) is 6.58 Å². The second-order valence-electron chi connectivity index (χ2n) is 3.86. The van der Waals surface area contributed by atoms with Crippen LogP contribution in [0.1, 0.15) is 5.56 Å². The minimum Gasteiger partial charge on any atom is -0.480 e. The van der Waals surface area contributed by atoms with Crippen LogP contribution >= 0.6 is 0 Å². The van der Waals surface area contributed by atoms with Crippen LogP contribution in [-0.2, 0) is 11.3 Å². The summed E-state index contributed by atoms with van der Waals surface area (Å²) in [6.45, 7) is 3.39. The SMILES string of the molecule is C=CCN(CC(=O)O)Cc1cccc([N+](=O)[O-])c1F. The van der Waals surface area contributed by atoms with Gasteiger partial charge >= 0.3 is 11.7 Å². The van der Waals surface area contributed by atoms with Crippen molar-refractivity contribution in [3.63, 3.8) is 0 Å². The van der Waals surface area contributed by atoms with Crippen molar-refractivity contribution >= 4 is 11.7 Å². The van der Waals surface area contributed by atoms with E-state index in [-0.39, 0.29) is 25.2 Å². The minimum atomic E-state index is -1.06. The Morgan fingerprint density at radius 1 is 1.58 bits per heavy atom. The fourth-order valence-corrected chi connectivity index (χ4v) is 1.63. The number of halogens is 1. The first-order valence-electron chi connectivity index (χ1n) is 5.42. The predicted molar refractivity (Wildman–Crippen MR) is 66.2 cm³/mol. The van der Waals surface area contributed by atoms with Crippen molar-refractivity contribution in [2.24, 2.45) is 0 Å². The largest absolute Gasteiger partial charge is 0.480 e. The lowest BCUT2D eigenvalue weighted by atomic mass is 10.1. The number of hydrogen-bond acceptors (Lipinski definition) is 4. The molecule has 0 aliphatic rings. The van der Waals surface area contributed by atoms with Crippen molar-refractivity contribution in [3.05, 3.63) is 52.3 Å². The third-order valence-corrected chi connectivity index (χ3v) is 2.40. The Balaban J connectivity index is 2.96. The standard InChI is InChI=1S/C12H13FN2O4/c1-2-6-14(8-11(16)17)7-9-4-3-5-10(12(9)13)15(18)19/h2-5H,1,6-8H2,(H,16,17). The van der Waals surface area contributed by atoms with Crippen LogP contribution in [-0.4, -0.2) is 34.0 Å². The normalized spacial score (nSPS) is 10.4. The summed E-state index contributed by atoms with van der Waals surface area (Å²) in [6.07, 6.45) is 1.48. The number of carboxylic acids is 1. The summed E-state index contributed by atoms with van der Waals surface area (Å²) in [6, 6.07) is 3.82. The van der Waals surface area contributed by atoms with Gasteiger partial charge in [-0.2, -0.15) is 4.39 Å². The lowest BCUT2D eigenvalue weighted by Gasteiger charge is -2.18. The molecule has 1 aromatic carbocycles. The highest BCUT2D eigenvalue weighted by Crippen LogP contribution is 2.21. The molecule has 1 N–H and O–H groups in total. The fraction of sp³-hybridized carbons (Fsp3) is 0.250. The van der Waals surface area contributed by atoms with Crippen molar-refractivity contribution in [1.82, 2.24) is 4.90 Å². The van der Waals surface area contributed by atoms with E-state index in [1.807, 2.05) is 0 Å². The zero-order chi connectivity index (χ0) is 14.4. The Hall–Kier alpha value is -2.28. The molecular formula is C12H13FN2O4. The van der Waals surface area contributed by atoms with E-state index in [4.69, 9.17) is 5.11 Å². The van der Waals surface area contributed by atoms with Crippen molar-refractivity contribution in [3.8, 4) is 0 Å². The van der Waals surface area contributed by atoms with Gasteiger partial charge in [0.05, 0.1) is 11.5 Å². The van der Waals surface area contributed by atoms with Crippen LogP contribution in [0, 0.1) is 15.9 Å². The second-order valence-corrected chi connectivity index (χ2v) is 3.86. The maximum absolute atomic E-state index is 13.8. The van der Waals surface area contributed by atoms with Gasteiger partial charge in [-0.25, -0.2) is 0 Å². The van der Waals surface area contributed by atoms with E-state index in [2.05, 4.69) is 6.58 Å². The molecule has 0 saturated carbocycles. The van der Waals surface area contributed by atoms with Gasteiger partial charge in [-0.3, -0.25) is 19.8 Å². The molecule has 0 atom stereocenters. The first kappa shape index (κ1) is 14.8. The molecular weight excluding hydrogens is 255 g/mol. The third-order valence-electron chi connectivity index (χ3n) is 2.40. The Kier molecular flexibility index (Phi) is 5.13. The monoisotopic (exact) mass is 268 g/mol. The van der Waals surface area contributed by atoms with Crippen molar-refractivity contribution < 1.29 is 19.2 Å². The molecule has 0 aliphatic carbocycles. The zero-order valence-electron chi connectivity index (χ0n) is 10.1. The highest BCUT2D eigenvalue weighted by atomic mass is 19.1. The summed E-state index contributed by atoms with van der Waals surface area (Å²) in [4.78, 5) is 21.9. The Morgan fingerprint density at radius 2 is 2.26 bits per heavy atom. The van der Waals surface area contributed by atoms with Crippen LogP contribution in [0.15, 0.2) is 30.9 Å². The molecule has 7 heteroatoms. The summed E-state index contributed by atoms with van der Waals surface area (Å²) >= 11 is 0. The van der Waals surface area contributed by atoms with E-state index in [1.165, 1.54) is 23.1 Å². The molecule has 0 amide bonds. The van der Waals surface area contributed by atoms with Crippen molar-refractivity contribution in [1.29, 1.82) is 0 Å². The number of nitrogens with zero attached hydrogens (tertiary/aromatic N) is 2. The molecule has 0 fully saturated rings. The summed E-state index contributed by atoms with van der Waals surface area (Å²) in [5.74, 6) is -2.00. The molecule has 0 spiro atoms. The maximum atomic E-state index is 13.8. The molecule has 0 radical (unpaired) electrons. The first-order valence-corrected chi connectivity index (χ1v) is 5.42. The van der Waals surface area contributed by atoms with Crippen LogP contribution in [0.4, 0.5) is 10.1 Å². The molecule has 0 saturated heterocycles. The number of nitro groups is 1. The Bertz CT molecular complexity index is 505. The number of nitro benzene ring substituents is 1. The van der Waals surface area contributed by atoms with E-state index in [1.54, 1.807) is 0 Å². The van der Waals surface area contributed by atoms with Gasteiger partial charge in [0.25, 0.3) is 0 Å². The fourth-order valence-electron chi connectivity index (χ4n) is 1.63. The molecule has 0 heterocycles. The molecule has 6 nitrogen and oxygen atoms in total. The molecule has 1 rings (SSSR count). The smallest absolute Gasteiger partial charge is 0.317 e. The van der Waals surface area contributed by atoms with E-state index in [0.717, 1.165) is 6.07 Å². The first-order chi connectivity index (χ1) is 8.95. The van der Waals surface area contributed by atoms with Gasteiger partial charge < -0.3 is 5.11 Å². The number of hydrogen-bond donors (Lipinski definition) is 1. The van der Waals surface area contributed by atoms with E-state index in [0.29, 0.717) is 0 Å². The van der Waals surface area contributed by atoms with Crippen molar-refractivity contribution in [2.75, 3.05) is 13.1 Å². The lowest BCUT2D eigenvalue weighted by molar-refractivity contribution is -0.387. The Labute approximate surface area is 108 Å². The number of carboxylic acid groups (broad SMARTS) is 1. The predicted octanol–water partition coefficient (Wildman–Crippen LogP) is 1.81. The number of aliphatic carboxylic acids is 1. The van der Waals surface area contributed by atoms with Gasteiger partial charge in [0.15, 0.2) is 0 Å². The van der Waals surface area contributed by atoms with Crippen molar-refractivity contribution in [2.45, 2.75) is 6.54 Å². The molecule has 1 aromatic rings. The van der Waals surface area contributed by atoms with Crippen LogP contribution in [0.25, 0.3) is 0 Å². The van der Waals surface area contributed by atoms with E-state index < -0.39 is 22.4 Å². The summed E-state index contributed by atoms with van der Waals surface area (Å²) in [5, 5.41) is 19.3. The number of rotatable bonds is 7. The highest BCUT2D eigenvalue weighted by Gasteiger charge is 2.19. The summed E-state index contributed by atoms with van der Waals surface area (Å²) in [7, 11) is 0. The maximum Gasteiger partial charge on any atom is 0.317 e. The van der Waals surface area contributed by atoms with Gasteiger partial charge in [0.2, 0.25) is 5.82 Å². The third kappa shape index (κ3) is 4.14. The van der Waals surface area contributed by atoms with Crippen LogP contribution in [0.3, 0.4) is 0 Å². The number of benzene rings is 1. The molecule has 102 valence electrons. The Morgan fingerprint density at radius 3 is 2.79 bits per heavy atom. The molecule has 0 aromatic heterocycles. The molecule has 0 unspecified atom stereocenters. The van der Waals surface area contributed by atoms with E-state index in [9.17, 15) is 19.3 Å². The second kappa shape index (κ2) is 6.60. The quantitative estimate of drug-likeness (QED) is 0.463. The minimum absolute atomic E-state index is 0.0359. The highest BCUT2D eigenvalue weighted by molar-refractivity contribution is 5.69. The number of carbonyl (C=O) groups is 1. The summed E-state index contributed by atoms with van der Waals surface area (Å²) < 4.78 is 13.8. The van der Waals surface area contributed by atoms with Crippen LogP contribution in [0.5, 0.6) is 0 Å². The van der Waals surface area contributed by atoms with Gasteiger partial charge in [-0.1, -0.05) is 18.2 Å². The van der Waals surface area contributed by atoms with Gasteiger partial charge in [-0.05, 0) is 0 Å². The summed E-state index contributed by atoms with van der Waals surface area (Å²) in [5.41, 5.74) is -0.538. The lowest BCUT2D eigenvalue weighted by Crippen LogP contribution is -2.29.